The van der Waals surface area contributed by atoms with Crippen molar-refractivity contribution in [3.8, 4) is 0 Å². The van der Waals surface area contributed by atoms with Gasteiger partial charge < -0.3 is 5.73 Å². The van der Waals surface area contributed by atoms with Gasteiger partial charge in [0, 0.05) is 28.6 Å². The van der Waals surface area contributed by atoms with E-state index in [9.17, 15) is 0 Å². The van der Waals surface area contributed by atoms with Crippen LogP contribution in [0.2, 0.25) is 0 Å². The molecule has 0 aliphatic rings. The van der Waals surface area contributed by atoms with Gasteiger partial charge >= 0.3 is 0 Å². The molecule has 0 fully saturated rings. The quantitative estimate of drug-likeness (QED) is 0.900. The van der Waals surface area contributed by atoms with Crippen molar-refractivity contribution in [1.29, 1.82) is 0 Å². The Bertz CT molecular complexity index is 535. The van der Waals surface area contributed by atoms with E-state index in [1.54, 1.807) is 0 Å². The molecule has 0 aromatic carbocycles. The summed E-state index contributed by atoms with van der Waals surface area (Å²) in [5.74, 6) is 1.72. The van der Waals surface area contributed by atoms with Gasteiger partial charge in [-0.15, -0.1) is 0 Å². The fraction of sp³-hybridized carbons (Fsp3) is 0.538. The Kier molecular flexibility index (Phi) is 4.24. The predicted octanol–water partition coefficient (Wildman–Crippen LogP) is 2.32. The predicted molar refractivity (Wildman–Crippen MR) is 76.9 cm³/mol. The summed E-state index contributed by atoms with van der Waals surface area (Å²) < 4.78 is 2.05. The molecule has 18 heavy (non-hydrogen) atoms. The molecule has 0 bridgehead atoms. The Labute approximate surface area is 112 Å². The van der Waals surface area contributed by atoms with E-state index in [0.29, 0.717) is 5.25 Å². The number of nitrogens with zero attached hydrogens (tertiary/aromatic N) is 3. The van der Waals surface area contributed by atoms with Crippen molar-refractivity contribution in [3.63, 3.8) is 0 Å². The van der Waals surface area contributed by atoms with E-state index >= 15 is 0 Å². The monoisotopic (exact) mass is 264 g/mol. The Morgan fingerprint density at radius 2 is 2.17 bits per heavy atom. The minimum absolute atomic E-state index is 0.579. The third kappa shape index (κ3) is 3.03. The van der Waals surface area contributed by atoms with E-state index in [1.165, 1.54) is 5.69 Å². The third-order valence-electron chi connectivity index (χ3n) is 2.90. The number of hydrogen-bond donors (Lipinski definition) is 1. The lowest BCUT2D eigenvalue weighted by molar-refractivity contribution is 0.822. The minimum Gasteiger partial charge on any atom is -0.330 e. The van der Waals surface area contributed by atoms with Crippen molar-refractivity contribution >= 4 is 17.5 Å². The van der Waals surface area contributed by atoms with Gasteiger partial charge in [0.1, 0.15) is 0 Å². The molecular formula is C13H20N4S. The maximum Gasteiger partial charge on any atom is 0.234 e. The molecule has 2 rings (SSSR count). The second kappa shape index (κ2) is 5.71. The average Bonchev–Trinajstić information content (AvgIpc) is 2.70. The normalized spacial score (nSPS) is 13.1. The number of aromatic nitrogens is 3. The summed E-state index contributed by atoms with van der Waals surface area (Å²) in [5.41, 5.74) is 8.83. The molecule has 2 N–H and O–H groups in total. The molecule has 2 aromatic rings. The first-order valence-electron chi connectivity index (χ1n) is 6.24. The highest BCUT2D eigenvalue weighted by atomic mass is 32.2. The molecule has 0 saturated heterocycles. The lowest BCUT2D eigenvalue weighted by Gasteiger charge is -2.07. The molecule has 0 aliphatic carbocycles. The molecular weight excluding hydrogens is 244 g/mol. The molecule has 98 valence electrons. The van der Waals surface area contributed by atoms with Gasteiger partial charge in [0.15, 0.2) is 0 Å². The van der Waals surface area contributed by atoms with E-state index in [0.717, 1.165) is 35.9 Å². The standard InChI is InChI=1S/C13H20N4S/c1-9-6-10(2)17-7-12(16-13(17)15-9)8-18-11(3)4-5-14/h6-7,11H,4-5,8,14H2,1-3H3. The van der Waals surface area contributed by atoms with Gasteiger partial charge in [-0.1, -0.05) is 6.92 Å². The summed E-state index contributed by atoms with van der Waals surface area (Å²) in [6, 6.07) is 2.07. The molecule has 0 saturated carbocycles. The van der Waals surface area contributed by atoms with Crippen molar-refractivity contribution in [2.45, 2.75) is 38.2 Å². The summed E-state index contributed by atoms with van der Waals surface area (Å²) in [5, 5.41) is 0.579. The summed E-state index contributed by atoms with van der Waals surface area (Å²) in [7, 11) is 0. The number of fused-ring (bicyclic) bond motifs is 1. The number of thioether (sulfide) groups is 1. The van der Waals surface area contributed by atoms with Gasteiger partial charge in [0.2, 0.25) is 5.78 Å². The molecule has 0 aliphatic heterocycles. The fourth-order valence-electron chi connectivity index (χ4n) is 1.93. The molecule has 0 amide bonds. The van der Waals surface area contributed by atoms with E-state index in [-0.39, 0.29) is 0 Å². The van der Waals surface area contributed by atoms with Crippen molar-refractivity contribution in [3.05, 3.63) is 29.3 Å². The first-order chi connectivity index (χ1) is 8.60. The second-order valence-corrected chi connectivity index (χ2v) is 6.07. The highest BCUT2D eigenvalue weighted by Crippen LogP contribution is 2.19. The number of nitrogens with two attached hydrogens (primary N) is 1. The molecule has 1 unspecified atom stereocenters. The Balaban J connectivity index is 2.13. The smallest absolute Gasteiger partial charge is 0.234 e. The first kappa shape index (κ1) is 13.4. The minimum atomic E-state index is 0.579. The van der Waals surface area contributed by atoms with Gasteiger partial charge in [-0.2, -0.15) is 11.8 Å². The van der Waals surface area contributed by atoms with Crippen LogP contribution in [0.25, 0.3) is 5.78 Å². The van der Waals surface area contributed by atoms with Crippen molar-refractivity contribution in [2.75, 3.05) is 6.54 Å². The number of aryl methyl sites for hydroxylation is 2. The number of rotatable bonds is 5. The van der Waals surface area contributed by atoms with Crippen molar-refractivity contribution < 1.29 is 0 Å². The van der Waals surface area contributed by atoms with Crippen LogP contribution in [-0.4, -0.2) is 26.2 Å². The van der Waals surface area contributed by atoms with Gasteiger partial charge in [-0.05, 0) is 32.9 Å². The van der Waals surface area contributed by atoms with Crippen LogP contribution < -0.4 is 5.73 Å². The highest BCUT2D eigenvalue weighted by Gasteiger charge is 2.08. The van der Waals surface area contributed by atoms with Crippen molar-refractivity contribution in [1.82, 2.24) is 14.4 Å². The zero-order valence-corrected chi connectivity index (χ0v) is 12.0. The van der Waals surface area contributed by atoms with E-state index in [2.05, 4.69) is 40.5 Å². The maximum absolute atomic E-state index is 5.55. The van der Waals surface area contributed by atoms with Gasteiger partial charge in [-0.25, -0.2) is 9.97 Å². The Morgan fingerprint density at radius 1 is 1.39 bits per heavy atom. The van der Waals surface area contributed by atoms with Crippen LogP contribution >= 0.6 is 11.8 Å². The average molecular weight is 264 g/mol. The SMILES string of the molecule is Cc1cc(C)n2cc(CSC(C)CCN)nc2n1. The summed E-state index contributed by atoms with van der Waals surface area (Å²) in [6.07, 6.45) is 3.13. The van der Waals surface area contributed by atoms with Crippen LogP contribution in [-0.2, 0) is 5.75 Å². The number of imidazole rings is 1. The zero-order chi connectivity index (χ0) is 13.1. The zero-order valence-electron chi connectivity index (χ0n) is 11.2. The topological polar surface area (TPSA) is 56.2 Å². The van der Waals surface area contributed by atoms with Gasteiger partial charge in [0.25, 0.3) is 0 Å². The lowest BCUT2D eigenvalue weighted by atomic mass is 10.3. The summed E-state index contributed by atoms with van der Waals surface area (Å²) in [6.45, 7) is 7.04. The van der Waals surface area contributed by atoms with Gasteiger partial charge in [0.05, 0.1) is 5.69 Å². The van der Waals surface area contributed by atoms with Crippen LogP contribution in [0.4, 0.5) is 0 Å². The maximum atomic E-state index is 5.55. The first-order valence-corrected chi connectivity index (χ1v) is 7.29. The third-order valence-corrected chi connectivity index (χ3v) is 4.17. The van der Waals surface area contributed by atoms with Crippen LogP contribution in [0.15, 0.2) is 12.3 Å². The molecule has 5 heteroatoms. The molecule has 1 atom stereocenters. The molecule has 2 aromatic heterocycles. The molecule has 0 radical (unpaired) electrons. The largest absolute Gasteiger partial charge is 0.330 e. The number of hydrogen-bond acceptors (Lipinski definition) is 4. The van der Waals surface area contributed by atoms with Crippen molar-refractivity contribution in [2.24, 2.45) is 5.73 Å². The molecule has 4 nitrogen and oxygen atoms in total. The van der Waals surface area contributed by atoms with Crippen LogP contribution in [0, 0.1) is 13.8 Å². The second-order valence-electron chi connectivity index (χ2n) is 4.64. The Morgan fingerprint density at radius 3 is 2.89 bits per heavy atom. The molecule has 0 spiro atoms. The van der Waals surface area contributed by atoms with E-state index < -0.39 is 0 Å². The van der Waals surface area contributed by atoms with Crippen LogP contribution in [0.3, 0.4) is 0 Å². The van der Waals surface area contributed by atoms with Crippen LogP contribution in [0.1, 0.15) is 30.4 Å². The summed E-state index contributed by atoms with van der Waals surface area (Å²) >= 11 is 1.90. The van der Waals surface area contributed by atoms with E-state index in [1.807, 2.05) is 18.7 Å². The van der Waals surface area contributed by atoms with Gasteiger partial charge in [-0.3, -0.25) is 4.40 Å². The van der Waals surface area contributed by atoms with Crippen LogP contribution in [0.5, 0.6) is 0 Å². The Hall–Kier alpha value is -1.07. The molecule has 2 heterocycles. The summed E-state index contributed by atoms with van der Waals surface area (Å²) in [4.78, 5) is 9.01. The lowest BCUT2D eigenvalue weighted by Crippen LogP contribution is -2.07. The highest BCUT2D eigenvalue weighted by molar-refractivity contribution is 7.99. The fourth-order valence-corrected chi connectivity index (χ4v) is 2.83. The van der Waals surface area contributed by atoms with E-state index in [4.69, 9.17) is 5.73 Å².